The van der Waals surface area contributed by atoms with Gasteiger partial charge >= 0.3 is 6.09 Å². The molecule has 0 rings (SSSR count). The molecule has 2 N–H and O–H groups in total. The summed E-state index contributed by atoms with van der Waals surface area (Å²) in [5.41, 5.74) is 1.23. The minimum Gasteiger partial charge on any atom is -0.444 e. The molecule has 0 aliphatic rings. The van der Waals surface area contributed by atoms with Gasteiger partial charge in [0.1, 0.15) is 17.7 Å². The molecule has 0 bridgehead atoms. The predicted octanol–water partition coefficient (Wildman–Crippen LogP) is -0.0780. The molecule has 0 heterocycles. The van der Waals surface area contributed by atoms with E-state index in [-0.39, 0.29) is 0 Å². The molecule has 10 heteroatoms. The normalized spacial score (nSPS) is 15.0. The Morgan fingerprint density at radius 1 is 1.19 bits per heavy atom. The molecular weight excluding hydrogens is 304 g/mol. The summed E-state index contributed by atoms with van der Waals surface area (Å²) in [6, 6.07) is -1.31. The Hall–Kier alpha value is -1.39. The second kappa shape index (κ2) is 7.57. The maximum atomic E-state index is 11.8. The van der Waals surface area contributed by atoms with Gasteiger partial charge in [-0.25, -0.2) is 10.3 Å². The van der Waals surface area contributed by atoms with E-state index in [0.717, 1.165) is 6.26 Å². The summed E-state index contributed by atoms with van der Waals surface area (Å²) in [4.78, 5) is 27.9. The average molecular weight is 326 g/mol. The topological polar surface area (TPSA) is 120 Å². The number of carbonyl (C=O) groups is 2. The van der Waals surface area contributed by atoms with Crippen LogP contribution in [-0.2, 0) is 28.7 Å². The smallest absolute Gasteiger partial charge is 0.408 e. The second-order valence-electron chi connectivity index (χ2n) is 5.30. The van der Waals surface area contributed by atoms with E-state index in [1.54, 1.807) is 20.8 Å². The lowest BCUT2D eigenvalue weighted by atomic mass is 10.2. The van der Waals surface area contributed by atoms with Gasteiger partial charge in [0.05, 0.1) is 13.4 Å². The van der Waals surface area contributed by atoms with Crippen LogP contribution in [0, 0.1) is 0 Å². The van der Waals surface area contributed by atoms with E-state index in [1.165, 1.54) is 14.0 Å². The lowest BCUT2D eigenvalue weighted by molar-refractivity contribution is -0.135. The SMILES string of the molecule is CONC(=O)C(NC(=O)OC(C)(C)C)C(C)OS(C)(=O)=O. The molecule has 9 nitrogen and oxygen atoms in total. The molecule has 2 amide bonds. The molecule has 21 heavy (non-hydrogen) atoms. The van der Waals surface area contributed by atoms with Crippen molar-refractivity contribution in [3.8, 4) is 0 Å². The summed E-state index contributed by atoms with van der Waals surface area (Å²) in [7, 11) is -2.60. The average Bonchev–Trinajstić information content (AvgIpc) is 2.20. The Bertz CT molecular complexity index is 469. The highest BCUT2D eigenvalue weighted by atomic mass is 32.2. The van der Waals surface area contributed by atoms with Gasteiger partial charge < -0.3 is 10.1 Å². The highest BCUT2D eigenvalue weighted by molar-refractivity contribution is 7.86. The van der Waals surface area contributed by atoms with Gasteiger partial charge in [0.25, 0.3) is 16.0 Å². The number of carbonyl (C=O) groups excluding carboxylic acids is 2. The quantitative estimate of drug-likeness (QED) is 0.517. The summed E-state index contributed by atoms with van der Waals surface area (Å²) in [6.07, 6.45) is -1.20. The van der Waals surface area contributed by atoms with Crippen molar-refractivity contribution < 1.29 is 31.8 Å². The molecule has 0 saturated carbocycles. The van der Waals surface area contributed by atoms with Gasteiger partial charge in [-0.1, -0.05) is 0 Å². The first-order valence-corrected chi connectivity index (χ1v) is 7.88. The van der Waals surface area contributed by atoms with Crippen LogP contribution >= 0.6 is 0 Å². The van der Waals surface area contributed by atoms with Crippen molar-refractivity contribution in [1.82, 2.24) is 10.8 Å². The van der Waals surface area contributed by atoms with Crippen LogP contribution in [0.3, 0.4) is 0 Å². The number of hydrogen-bond acceptors (Lipinski definition) is 7. The van der Waals surface area contributed by atoms with Gasteiger partial charge in [-0.2, -0.15) is 8.42 Å². The maximum absolute atomic E-state index is 11.8. The van der Waals surface area contributed by atoms with Crippen molar-refractivity contribution in [2.24, 2.45) is 0 Å². The van der Waals surface area contributed by atoms with Crippen LogP contribution in [0.4, 0.5) is 4.79 Å². The van der Waals surface area contributed by atoms with E-state index in [4.69, 9.17) is 4.74 Å². The summed E-state index contributed by atoms with van der Waals surface area (Å²) in [5, 5.41) is 2.24. The first-order valence-electron chi connectivity index (χ1n) is 6.06. The number of rotatable bonds is 6. The molecule has 2 atom stereocenters. The van der Waals surface area contributed by atoms with E-state index < -0.39 is 39.9 Å². The third-order valence-electron chi connectivity index (χ3n) is 1.95. The van der Waals surface area contributed by atoms with Crippen LogP contribution in [0.25, 0.3) is 0 Å². The molecule has 0 aliphatic heterocycles. The number of nitrogens with one attached hydrogen (secondary N) is 2. The number of amides is 2. The molecule has 0 aromatic carbocycles. The Balaban J connectivity index is 4.98. The van der Waals surface area contributed by atoms with Gasteiger partial charge in [-0.15, -0.1) is 0 Å². The number of hydrogen-bond donors (Lipinski definition) is 2. The zero-order chi connectivity index (χ0) is 16.8. The zero-order valence-electron chi connectivity index (χ0n) is 12.9. The molecule has 0 fully saturated rings. The van der Waals surface area contributed by atoms with Gasteiger partial charge in [0, 0.05) is 0 Å². The van der Waals surface area contributed by atoms with E-state index in [9.17, 15) is 18.0 Å². The fraction of sp³-hybridized carbons (Fsp3) is 0.818. The van der Waals surface area contributed by atoms with Crippen LogP contribution < -0.4 is 10.8 Å². The minimum atomic E-state index is -3.80. The molecule has 0 radical (unpaired) electrons. The fourth-order valence-electron chi connectivity index (χ4n) is 1.33. The van der Waals surface area contributed by atoms with Crippen molar-refractivity contribution in [3.63, 3.8) is 0 Å². The summed E-state index contributed by atoms with van der Waals surface area (Å²) in [6.45, 7) is 6.26. The molecule has 0 saturated heterocycles. The number of ether oxygens (including phenoxy) is 1. The van der Waals surface area contributed by atoms with Crippen molar-refractivity contribution in [1.29, 1.82) is 0 Å². The lowest BCUT2D eigenvalue weighted by Gasteiger charge is -2.25. The van der Waals surface area contributed by atoms with Gasteiger partial charge in [0.15, 0.2) is 0 Å². The van der Waals surface area contributed by atoms with E-state index in [0.29, 0.717) is 0 Å². The number of alkyl carbamates (subject to hydrolysis) is 1. The molecular formula is C11H22N2O7S. The molecule has 124 valence electrons. The highest BCUT2D eigenvalue weighted by Gasteiger charge is 2.31. The summed E-state index contributed by atoms with van der Waals surface area (Å²) >= 11 is 0. The zero-order valence-corrected chi connectivity index (χ0v) is 13.7. The lowest BCUT2D eigenvalue weighted by Crippen LogP contribution is -2.54. The standard InChI is InChI=1S/C11H22N2O7S/c1-7(20-21(6,16)17)8(9(14)13-18-5)12-10(15)19-11(2,3)4/h7-8H,1-6H3,(H,12,15)(H,13,14). The summed E-state index contributed by atoms with van der Waals surface area (Å²) in [5.74, 6) is -0.778. The van der Waals surface area contributed by atoms with Crippen molar-refractivity contribution >= 4 is 22.1 Å². The van der Waals surface area contributed by atoms with Crippen molar-refractivity contribution in [3.05, 3.63) is 0 Å². The Morgan fingerprint density at radius 3 is 2.10 bits per heavy atom. The maximum Gasteiger partial charge on any atom is 0.408 e. The first kappa shape index (κ1) is 19.6. The molecule has 2 unspecified atom stereocenters. The largest absolute Gasteiger partial charge is 0.444 e. The van der Waals surface area contributed by atoms with Gasteiger partial charge in [-0.05, 0) is 27.7 Å². The predicted molar refractivity (Wildman–Crippen MR) is 73.7 cm³/mol. The third-order valence-corrected chi connectivity index (χ3v) is 2.61. The van der Waals surface area contributed by atoms with Crippen molar-refractivity contribution in [2.75, 3.05) is 13.4 Å². The molecule has 0 aromatic rings. The molecule has 0 aromatic heterocycles. The van der Waals surface area contributed by atoms with Gasteiger partial charge in [-0.3, -0.25) is 13.8 Å². The van der Waals surface area contributed by atoms with Gasteiger partial charge in [0.2, 0.25) is 0 Å². The summed E-state index contributed by atoms with van der Waals surface area (Å²) < 4.78 is 31.9. The molecule has 0 spiro atoms. The Morgan fingerprint density at radius 2 is 1.71 bits per heavy atom. The first-order chi connectivity index (χ1) is 9.35. The van der Waals surface area contributed by atoms with E-state index in [2.05, 4.69) is 14.3 Å². The minimum absolute atomic E-state index is 0.771. The van der Waals surface area contributed by atoms with Crippen LogP contribution in [-0.4, -0.2) is 51.5 Å². The highest BCUT2D eigenvalue weighted by Crippen LogP contribution is 2.09. The second-order valence-corrected chi connectivity index (χ2v) is 6.90. The van der Waals surface area contributed by atoms with Crippen LogP contribution in [0.1, 0.15) is 27.7 Å². The molecule has 0 aliphatic carbocycles. The number of hydroxylamine groups is 1. The third kappa shape index (κ3) is 9.21. The Kier molecular flexibility index (Phi) is 7.07. The van der Waals surface area contributed by atoms with E-state index in [1.807, 2.05) is 5.48 Å². The monoisotopic (exact) mass is 326 g/mol. The van der Waals surface area contributed by atoms with E-state index >= 15 is 0 Å². The van der Waals surface area contributed by atoms with Crippen LogP contribution in [0.2, 0.25) is 0 Å². The van der Waals surface area contributed by atoms with Crippen molar-refractivity contribution in [2.45, 2.75) is 45.4 Å². The van der Waals surface area contributed by atoms with Crippen LogP contribution in [0.5, 0.6) is 0 Å². The Labute approximate surface area is 124 Å². The fourth-order valence-corrected chi connectivity index (χ4v) is 1.99. The van der Waals surface area contributed by atoms with Crippen LogP contribution in [0.15, 0.2) is 0 Å².